The molecule has 5 heteroatoms. The number of aromatic nitrogens is 2. The van der Waals surface area contributed by atoms with Gasteiger partial charge < -0.3 is 9.84 Å². The van der Waals surface area contributed by atoms with Crippen molar-refractivity contribution in [3.8, 4) is 0 Å². The molecule has 1 amide bonds. The highest BCUT2D eigenvalue weighted by atomic mass is 16.5. The third kappa shape index (κ3) is 2.81. The first-order valence-electron chi connectivity index (χ1n) is 6.96. The highest BCUT2D eigenvalue weighted by molar-refractivity contribution is 5.97. The molecule has 20 heavy (non-hydrogen) atoms. The molecule has 0 fully saturated rings. The van der Waals surface area contributed by atoms with Gasteiger partial charge in [-0.2, -0.15) is 0 Å². The smallest absolute Gasteiger partial charge is 0.257 e. The van der Waals surface area contributed by atoms with Crippen molar-refractivity contribution in [1.82, 2.24) is 15.5 Å². The van der Waals surface area contributed by atoms with E-state index in [1.165, 1.54) is 6.20 Å². The van der Waals surface area contributed by atoms with Crippen LogP contribution in [-0.4, -0.2) is 22.1 Å². The maximum absolute atomic E-state index is 12.2. The van der Waals surface area contributed by atoms with Gasteiger partial charge >= 0.3 is 0 Å². The van der Waals surface area contributed by atoms with Crippen LogP contribution in [0.15, 0.2) is 16.8 Å². The van der Waals surface area contributed by atoms with Gasteiger partial charge in [-0.05, 0) is 24.8 Å². The molecule has 0 aromatic carbocycles. The summed E-state index contributed by atoms with van der Waals surface area (Å²) < 4.78 is 5.17. The molecule has 0 aliphatic rings. The van der Waals surface area contributed by atoms with Gasteiger partial charge in [-0.25, -0.2) is 4.98 Å². The van der Waals surface area contributed by atoms with Crippen LogP contribution in [0.3, 0.4) is 0 Å². The molecule has 0 aliphatic carbocycles. The van der Waals surface area contributed by atoms with Crippen molar-refractivity contribution >= 4 is 17.0 Å². The topological polar surface area (TPSA) is 68.0 Å². The molecule has 1 atom stereocenters. The standard InChI is InChI=1S/C15H21N3O2/c1-8(2)10(5)17-14(19)11-6-12-13(9(3)4)18-20-15(12)16-7-11/h6-10H,1-5H3,(H,17,19). The Labute approximate surface area is 118 Å². The first kappa shape index (κ1) is 14.5. The fourth-order valence-electron chi connectivity index (χ4n) is 1.85. The van der Waals surface area contributed by atoms with E-state index < -0.39 is 0 Å². The highest BCUT2D eigenvalue weighted by Crippen LogP contribution is 2.24. The van der Waals surface area contributed by atoms with E-state index in [9.17, 15) is 4.79 Å². The zero-order valence-corrected chi connectivity index (χ0v) is 12.6. The molecule has 2 heterocycles. The average Bonchev–Trinajstić information content (AvgIpc) is 2.81. The van der Waals surface area contributed by atoms with Gasteiger partial charge in [0.05, 0.1) is 16.6 Å². The third-order valence-corrected chi connectivity index (χ3v) is 3.53. The molecule has 0 saturated carbocycles. The fourth-order valence-corrected chi connectivity index (χ4v) is 1.85. The number of nitrogens with zero attached hydrogens (tertiary/aromatic N) is 2. The van der Waals surface area contributed by atoms with Gasteiger partial charge in [-0.3, -0.25) is 4.79 Å². The van der Waals surface area contributed by atoms with E-state index in [0.29, 0.717) is 17.2 Å². The summed E-state index contributed by atoms with van der Waals surface area (Å²) in [6.45, 7) is 10.2. The van der Waals surface area contributed by atoms with Crippen LogP contribution in [0.5, 0.6) is 0 Å². The third-order valence-electron chi connectivity index (χ3n) is 3.53. The summed E-state index contributed by atoms with van der Waals surface area (Å²) in [7, 11) is 0. The first-order valence-corrected chi connectivity index (χ1v) is 6.96. The van der Waals surface area contributed by atoms with Crippen LogP contribution >= 0.6 is 0 Å². The molecular formula is C15H21N3O2. The molecule has 2 rings (SSSR count). The molecular weight excluding hydrogens is 254 g/mol. The Morgan fingerprint density at radius 3 is 2.55 bits per heavy atom. The number of carbonyl (C=O) groups is 1. The minimum Gasteiger partial charge on any atom is -0.349 e. The monoisotopic (exact) mass is 275 g/mol. The lowest BCUT2D eigenvalue weighted by Crippen LogP contribution is -2.36. The molecule has 2 aromatic rings. The van der Waals surface area contributed by atoms with Crippen LogP contribution < -0.4 is 5.32 Å². The summed E-state index contributed by atoms with van der Waals surface area (Å²) in [5.74, 6) is 0.500. The molecule has 0 saturated heterocycles. The molecule has 0 bridgehead atoms. The number of hydrogen-bond acceptors (Lipinski definition) is 4. The number of nitrogens with one attached hydrogen (secondary N) is 1. The fraction of sp³-hybridized carbons (Fsp3) is 0.533. The van der Waals surface area contributed by atoms with Gasteiger partial charge in [0.1, 0.15) is 0 Å². The highest BCUT2D eigenvalue weighted by Gasteiger charge is 2.17. The van der Waals surface area contributed by atoms with Crippen molar-refractivity contribution in [3.05, 3.63) is 23.5 Å². The Kier molecular flexibility index (Phi) is 4.06. The van der Waals surface area contributed by atoms with E-state index in [4.69, 9.17) is 4.52 Å². The Hall–Kier alpha value is -1.91. The van der Waals surface area contributed by atoms with Crippen molar-refractivity contribution in [2.45, 2.75) is 46.6 Å². The SMILES string of the molecule is CC(C)c1noc2ncc(C(=O)NC(C)C(C)C)cc12. The summed E-state index contributed by atoms with van der Waals surface area (Å²) in [6, 6.07) is 1.92. The van der Waals surface area contributed by atoms with Crippen molar-refractivity contribution in [3.63, 3.8) is 0 Å². The summed E-state index contributed by atoms with van der Waals surface area (Å²) in [4.78, 5) is 16.4. The van der Waals surface area contributed by atoms with Crippen LogP contribution in [0, 0.1) is 5.92 Å². The first-order chi connectivity index (χ1) is 9.40. The Bertz CT molecular complexity index is 617. The molecule has 1 N–H and O–H groups in total. The maximum Gasteiger partial charge on any atom is 0.257 e. The molecule has 0 radical (unpaired) electrons. The summed E-state index contributed by atoms with van der Waals surface area (Å²) in [5.41, 5.74) is 1.84. The van der Waals surface area contributed by atoms with E-state index in [1.807, 2.05) is 20.8 Å². The van der Waals surface area contributed by atoms with Gasteiger partial charge in [-0.1, -0.05) is 32.9 Å². The van der Waals surface area contributed by atoms with Crippen LogP contribution in [-0.2, 0) is 0 Å². The van der Waals surface area contributed by atoms with Crippen LogP contribution in [0.25, 0.3) is 11.1 Å². The Balaban J connectivity index is 2.31. The number of amides is 1. The predicted octanol–water partition coefficient (Wildman–Crippen LogP) is 3.12. The lowest BCUT2D eigenvalue weighted by atomic mass is 10.0. The van der Waals surface area contributed by atoms with Crippen molar-refractivity contribution in [2.75, 3.05) is 0 Å². The normalized spacial score (nSPS) is 13.2. The van der Waals surface area contributed by atoms with Crippen molar-refractivity contribution in [1.29, 1.82) is 0 Å². The average molecular weight is 275 g/mol. The predicted molar refractivity (Wildman–Crippen MR) is 77.7 cm³/mol. The molecule has 2 aromatic heterocycles. The minimum absolute atomic E-state index is 0.114. The Morgan fingerprint density at radius 2 is 1.95 bits per heavy atom. The lowest BCUT2D eigenvalue weighted by molar-refractivity contribution is 0.0930. The van der Waals surface area contributed by atoms with Gasteiger partial charge in [0, 0.05) is 12.2 Å². The van der Waals surface area contributed by atoms with E-state index in [2.05, 4.69) is 29.3 Å². The van der Waals surface area contributed by atoms with Crippen molar-refractivity contribution < 1.29 is 9.32 Å². The molecule has 1 unspecified atom stereocenters. The number of pyridine rings is 1. The van der Waals surface area contributed by atoms with Gasteiger partial charge in [0.15, 0.2) is 0 Å². The zero-order valence-electron chi connectivity index (χ0n) is 12.6. The number of fused-ring (bicyclic) bond motifs is 1. The summed E-state index contributed by atoms with van der Waals surface area (Å²) in [6.07, 6.45) is 1.53. The molecule has 0 spiro atoms. The summed E-state index contributed by atoms with van der Waals surface area (Å²) in [5, 5.41) is 7.80. The van der Waals surface area contributed by atoms with Gasteiger partial charge in [0.25, 0.3) is 11.6 Å². The second kappa shape index (κ2) is 5.61. The zero-order chi connectivity index (χ0) is 14.9. The molecule has 0 aliphatic heterocycles. The maximum atomic E-state index is 12.2. The summed E-state index contributed by atoms with van der Waals surface area (Å²) >= 11 is 0. The van der Waals surface area contributed by atoms with Crippen LogP contribution in [0.4, 0.5) is 0 Å². The lowest BCUT2D eigenvalue weighted by Gasteiger charge is -2.17. The molecule has 108 valence electrons. The van der Waals surface area contributed by atoms with Gasteiger partial charge in [0.2, 0.25) is 0 Å². The van der Waals surface area contributed by atoms with Crippen LogP contribution in [0.2, 0.25) is 0 Å². The second-order valence-corrected chi connectivity index (χ2v) is 5.81. The van der Waals surface area contributed by atoms with E-state index in [0.717, 1.165) is 11.1 Å². The largest absolute Gasteiger partial charge is 0.349 e. The van der Waals surface area contributed by atoms with Crippen molar-refractivity contribution in [2.24, 2.45) is 5.92 Å². The molecule has 5 nitrogen and oxygen atoms in total. The second-order valence-electron chi connectivity index (χ2n) is 5.81. The van der Waals surface area contributed by atoms with Gasteiger partial charge in [-0.15, -0.1) is 0 Å². The van der Waals surface area contributed by atoms with E-state index in [-0.39, 0.29) is 17.9 Å². The quantitative estimate of drug-likeness (QED) is 0.930. The van der Waals surface area contributed by atoms with E-state index >= 15 is 0 Å². The van der Waals surface area contributed by atoms with E-state index in [1.54, 1.807) is 6.07 Å². The minimum atomic E-state index is -0.114. The number of hydrogen-bond donors (Lipinski definition) is 1. The van der Waals surface area contributed by atoms with Crippen LogP contribution in [0.1, 0.15) is 56.6 Å². The Morgan fingerprint density at radius 1 is 1.25 bits per heavy atom. The number of carbonyl (C=O) groups excluding carboxylic acids is 1. The number of rotatable bonds is 4.